The molecule has 0 aliphatic carbocycles. The van der Waals surface area contributed by atoms with Crippen molar-refractivity contribution in [3.05, 3.63) is 113 Å². The first kappa shape index (κ1) is 46.5. The maximum Gasteiger partial charge on any atom is 0.247 e. The van der Waals surface area contributed by atoms with E-state index in [1.165, 1.54) is 22.7 Å². The van der Waals surface area contributed by atoms with Crippen molar-refractivity contribution in [2.45, 2.75) is 104 Å². The molecule has 5 aromatic rings. The van der Waals surface area contributed by atoms with E-state index in [0.29, 0.717) is 50.2 Å². The highest BCUT2D eigenvalue weighted by atomic mass is 32.1. The van der Waals surface area contributed by atoms with E-state index in [2.05, 4.69) is 93.3 Å². The van der Waals surface area contributed by atoms with Crippen LogP contribution in [0.5, 0.6) is 0 Å². The Morgan fingerprint density at radius 3 is 1.80 bits per heavy atom. The summed E-state index contributed by atoms with van der Waals surface area (Å²) in [6.07, 6.45) is 6.74. The van der Waals surface area contributed by atoms with Gasteiger partial charge in [0.05, 0.1) is 12.6 Å². The molecule has 2 fully saturated rings. The summed E-state index contributed by atoms with van der Waals surface area (Å²) < 4.78 is 6.11. The molecule has 0 spiro atoms. The molecule has 0 saturated carbocycles. The van der Waals surface area contributed by atoms with Gasteiger partial charge in [-0.25, -0.2) is 9.97 Å². The number of nitrogens with one attached hydrogen (secondary N) is 4. The number of carbonyl (C=O) groups is 3. The van der Waals surface area contributed by atoms with E-state index in [1.807, 2.05) is 78.9 Å². The van der Waals surface area contributed by atoms with Crippen molar-refractivity contribution in [2.24, 2.45) is 10.8 Å². The fourth-order valence-corrected chi connectivity index (χ4v) is 9.48. The number of amides is 3. The molecule has 4 heterocycles. The lowest BCUT2D eigenvalue weighted by Crippen LogP contribution is -2.53. The van der Waals surface area contributed by atoms with E-state index in [9.17, 15) is 14.4 Å². The zero-order valence-electron chi connectivity index (χ0n) is 37.9. The molecule has 2 aromatic heterocycles. The Labute approximate surface area is 386 Å². The summed E-state index contributed by atoms with van der Waals surface area (Å²) >= 11 is 2.96. The Balaban J connectivity index is 0.907. The van der Waals surface area contributed by atoms with Crippen LogP contribution < -0.4 is 26.2 Å². The third-order valence-electron chi connectivity index (χ3n) is 11.9. The lowest BCUT2D eigenvalue weighted by atomic mass is 9.85. The van der Waals surface area contributed by atoms with Crippen LogP contribution in [0.4, 0.5) is 27.3 Å². The molecule has 64 heavy (non-hydrogen) atoms. The second-order valence-corrected chi connectivity index (χ2v) is 20.6. The van der Waals surface area contributed by atoms with Crippen molar-refractivity contribution in [1.29, 1.82) is 0 Å². The van der Waals surface area contributed by atoms with Crippen molar-refractivity contribution in [3.8, 4) is 0 Å². The Morgan fingerprint density at radius 1 is 0.719 bits per heavy atom. The van der Waals surface area contributed by atoms with E-state index in [-0.39, 0.29) is 40.6 Å². The lowest BCUT2D eigenvalue weighted by Gasteiger charge is -2.35. The molecule has 3 amide bonds. The number of benzene rings is 3. The van der Waals surface area contributed by atoms with Gasteiger partial charge >= 0.3 is 0 Å². The van der Waals surface area contributed by atoms with Crippen LogP contribution >= 0.6 is 22.7 Å². The third-order valence-corrected chi connectivity index (χ3v) is 13.3. The summed E-state index contributed by atoms with van der Waals surface area (Å²) in [7, 11) is 0. The number of para-hydroxylation sites is 1. The smallest absolute Gasteiger partial charge is 0.247 e. The summed E-state index contributed by atoms with van der Waals surface area (Å²) in [5.74, 6) is -0.162. The molecule has 13 nitrogen and oxygen atoms in total. The SMILES string of the molecule is CC(C)(C)C(Nc1nccs1)C(=O)N1CCCC1COCNc1ccc(CN(Cc2ccc(NC(=O)C3CCCN3C(=O)C(Nc3nccs3)C(C)(C)C)cc2)c2ccccc2)cc1. The van der Waals surface area contributed by atoms with Crippen molar-refractivity contribution >= 4 is 67.7 Å². The van der Waals surface area contributed by atoms with E-state index >= 15 is 0 Å². The summed E-state index contributed by atoms with van der Waals surface area (Å²) in [6, 6.07) is 25.3. The molecule has 0 bridgehead atoms. The van der Waals surface area contributed by atoms with Gasteiger partial charge in [0, 0.05) is 66.4 Å². The Hall–Kier alpha value is -5.51. The highest BCUT2D eigenvalue weighted by Crippen LogP contribution is 2.31. The van der Waals surface area contributed by atoms with Gasteiger partial charge in [-0.05, 0) is 84.0 Å². The number of aromatic nitrogens is 2. The molecular weight excluding hydrogens is 843 g/mol. The van der Waals surface area contributed by atoms with E-state index in [0.717, 1.165) is 53.4 Å². The number of hydrogen-bond acceptors (Lipinski definition) is 12. The molecule has 4 atom stereocenters. The zero-order valence-corrected chi connectivity index (χ0v) is 39.5. The predicted molar refractivity (Wildman–Crippen MR) is 260 cm³/mol. The monoisotopic (exact) mass is 905 g/mol. The first-order chi connectivity index (χ1) is 30.7. The predicted octanol–water partition coefficient (Wildman–Crippen LogP) is 9.17. The summed E-state index contributed by atoms with van der Waals surface area (Å²) in [4.78, 5) is 56.1. The lowest BCUT2D eigenvalue weighted by molar-refractivity contribution is -0.139. The minimum atomic E-state index is -0.539. The van der Waals surface area contributed by atoms with Crippen LogP contribution in [-0.4, -0.2) is 88.1 Å². The molecule has 3 aromatic carbocycles. The number of carbonyl (C=O) groups excluding carboxylic acids is 3. The van der Waals surface area contributed by atoms with Crippen LogP contribution in [-0.2, 0) is 32.2 Å². The number of nitrogens with zero attached hydrogens (tertiary/aromatic N) is 5. The van der Waals surface area contributed by atoms with Gasteiger partial charge in [-0.2, -0.15) is 0 Å². The average Bonchev–Trinajstić information content (AvgIpc) is 4.13. The summed E-state index contributed by atoms with van der Waals surface area (Å²) in [6.45, 7) is 15.8. The zero-order chi connectivity index (χ0) is 45.3. The van der Waals surface area contributed by atoms with Crippen molar-refractivity contribution in [3.63, 3.8) is 0 Å². The van der Waals surface area contributed by atoms with Gasteiger partial charge in [-0.15, -0.1) is 22.7 Å². The molecule has 2 aliphatic heterocycles. The van der Waals surface area contributed by atoms with Crippen LogP contribution in [0, 0.1) is 10.8 Å². The van der Waals surface area contributed by atoms with Crippen molar-refractivity contribution in [2.75, 3.05) is 52.6 Å². The number of ether oxygens (including phenoxy) is 1. The molecule has 7 rings (SSSR count). The molecule has 2 saturated heterocycles. The van der Waals surface area contributed by atoms with Crippen molar-refractivity contribution in [1.82, 2.24) is 19.8 Å². The van der Waals surface area contributed by atoms with Crippen LogP contribution in [0.3, 0.4) is 0 Å². The highest BCUT2D eigenvalue weighted by Gasteiger charge is 2.42. The first-order valence-electron chi connectivity index (χ1n) is 22.3. The van der Waals surface area contributed by atoms with Crippen molar-refractivity contribution < 1.29 is 19.1 Å². The Bertz CT molecular complexity index is 2240. The molecule has 4 unspecified atom stereocenters. The maximum atomic E-state index is 13.9. The molecule has 0 radical (unpaired) electrons. The Morgan fingerprint density at radius 2 is 1.25 bits per heavy atom. The van der Waals surface area contributed by atoms with Gasteiger partial charge in [0.1, 0.15) is 24.9 Å². The fraction of sp³-hybridized carbons (Fsp3) is 0.449. The minimum absolute atomic E-state index is 0.0307. The Kier molecular flexibility index (Phi) is 15.2. The van der Waals surface area contributed by atoms with Gasteiger partial charge in [-0.1, -0.05) is 84.0 Å². The second-order valence-electron chi connectivity index (χ2n) is 18.8. The molecule has 340 valence electrons. The molecule has 4 N–H and O–H groups in total. The highest BCUT2D eigenvalue weighted by molar-refractivity contribution is 7.13. The van der Waals surface area contributed by atoms with E-state index in [1.54, 1.807) is 17.3 Å². The average molecular weight is 906 g/mol. The topological polar surface area (TPSA) is 144 Å². The standard InChI is InChI=1S/C49H63N9O4S2/c1-48(2,3)41(54-46-50-24-28-63-46)44(60)57-26-10-14-39(57)32-62-33-52-36-20-16-34(17-21-36)30-56(38-12-8-7-9-13-38)31-35-18-22-37(23-19-35)53-43(59)40-15-11-27-58(40)45(61)42(49(4,5)6)55-47-51-25-29-64-47/h7-9,12-13,16-25,28-29,39-42,52H,10-11,14-15,26-27,30-33H2,1-6H3,(H,50,54)(H,51,55)(H,53,59). The van der Waals surface area contributed by atoms with Crippen LogP contribution in [0.1, 0.15) is 78.4 Å². The van der Waals surface area contributed by atoms with Gasteiger partial charge in [0.25, 0.3) is 0 Å². The number of rotatable bonds is 18. The molecular formula is C49H63N9O4S2. The summed E-state index contributed by atoms with van der Waals surface area (Å²) in [5.41, 5.74) is 4.35. The van der Waals surface area contributed by atoms with Gasteiger partial charge in [0.15, 0.2) is 10.3 Å². The van der Waals surface area contributed by atoms with Gasteiger partial charge in [0.2, 0.25) is 17.7 Å². The number of anilines is 5. The minimum Gasteiger partial charge on any atom is -0.363 e. The van der Waals surface area contributed by atoms with E-state index < -0.39 is 12.1 Å². The quantitative estimate of drug-likeness (QED) is 0.0497. The van der Waals surface area contributed by atoms with Gasteiger partial charge < -0.3 is 40.7 Å². The first-order valence-corrected chi connectivity index (χ1v) is 24.0. The summed E-state index contributed by atoms with van der Waals surface area (Å²) in [5, 5.41) is 18.4. The number of likely N-dealkylation sites (tertiary alicyclic amines) is 2. The third kappa shape index (κ3) is 12.2. The van der Waals surface area contributed by atoms with E-state index in [4.69, 9.17) is 4.74 Å². The van der Waals surface area contributed by atoms with Gasteiger partial charge in [-0.3, -0.25) is 14.4 Å². The number of thiazole rings is 2. The molecule has 2 aliphatic rings. The van der Waals surface area contributed by atoms with Crippen LogP contribution in [0.2, 0.25) is 0 Å². The molecule has 15 heteroatoms. The van der Waals surface area contributed by atoms with Crippen LogP contribution in [0.25, 0.3) is 0 Å². The largest absolute Gasteiger partial charge is 0.363 e. The second kappa shape index (κ2) is 21.0. The fourth-order valence-electron chi connectivity index (χ4n) is 8.36. The van der Waals surface area contributed by atoms with Crippen LogP contribution in [0.15, 0.2) is 102 Å². The maximum absolute atomic E-state index is 13.9. The number of hydrogen-bond donors (Lipinski definition) is 4. The normalized spacial score (nSPS) is 17.5.